The van der Waals surface area contributed by atoms with E-state index in [1.807, 2.05) is 0 Å². The molecule has 1 rings (SSSR count). The first-order valence-corrected chi connectivity index (χ1v) is 6.17. The lowest BCUT2D eigenvalue weighted by atomic mass is 10.1. The number of alkyl halides is 6. The fraction of sp³-hybridized carbons (Fsp3) is 0.417. The summed E-state index contributed by atoms with van der Waals surface area (Å²) in [6.07, 6.45) is -9.77. The topological polar surface area (TPSA) is 24.1 Å². The summed E-state index contributed by atoms with van der Waals surface area (Å²) in [6, 6.07) is 1.09. The van der Waals surface area contributed by atoms with Gasteiger partial charge in [0, 0.05) is 11.7 Å². The van der Waals surface area contributed by atoms with E-state index >= 15 is 0 Å². The van der Waals surface area contributed by atoms with Crippen molar-refractivity contribution in [3.8, 4) is 0 Å². The van der Waals surface area contributed by atoms with Gasteiger partial charge < -0.3 is 10.6 Å². The van der Waals surface area contributed by atoms with Gasteiger partial charge in [-0.2, -0.15) is 26.3 Å². The molecule has 1 aromatic carbocycles. The highest BCUT2D eigenvalue weighted by atomic mass is 32.1. The Morgan fingerprint density at radius 2 is 1.38 bits per heavy atom. The third-order valence-electron chi connectivity index (χ3n) is 2.27. The number of thiocarbonyl (C=S) groups is 1. The second kappa shape index (κ2) is 6.08. The van der Waals surface area contributed by atoms with Crippen molar-refractivity contribution in [2.24, 2.45) is 0 Å². The van der Waals surface area contributed by atoms with Crippen molar-refractivity contribution >= 4 is 23.0 Å². The summed E-state index contributed by atoms with van der Waals surface area (Å²) in [4.78, 5) is 0. The number of hydrogen-bond donors (Lipinski definition) is 2. The van der Waals surface area contributed by atoms with Gasteiger partial charge in [0.2, 0.25) is 0 Å². The normalized spacial score (nSPS) is 12.4. The van der Waals surface area contributed by atoms with Crippen molar-refractivity contribution in [2.75, 3.05) is 5.32 Å². The second-order valence-corrected chi connectivity index (χ2v) is 4.96. The van der Waals surface area contributed by atoms with Crippen LogP contribution >= 0.6 is 12.2 Å². The third-order valence-corrected chi connectivity index (χ3v) is 2.49. The maximum Gasteiger partial charge on any atom is 0.416 e. The molecule has 0 saturated carbocycles. The summed E-state index contributed by atoms with van der Waals surface area (Å²) in [5.41, 5.74) is -3.17. The number of benzene rings is 1. The first-order chi connectivity index (χ1) is 9.39. The van der Waals surface area contributed by atoms with Gasteiger partial charge in [-0.3, -0.25) is 0 Å². The molecule has 0 amide bonds. The summed E-state index contributed by atoms with van der Waals surface area (Å²) in [5, 5.41) is 4.93. The van der Waals surface area contributed by atoms with Crippen LogP contribution in [0.2, 0.25) is 0 Å². The van der Waals surface area contributed by atoms with Gasteiger partial charge in [0.1, 0.15) is 0 Å². The van der Waals surface area contributed by atoms with E-state index in [0.29, 0.717) is 12.1 Å². The van der Waals surface area contributed by atoms with Crippen LogP contribution in [0.5, 0.6) is 0 Å². The third kappa shape index (κ3) is 5.41. The maximum atomic E-state index is 12.6. The minimum Gasteiger partial charge on any atom is -0.360 e. The molecule has 0 atom stereocenters. The zero-order chi connectivity index (χ0) is 16.4. The molecule has 1 aromatic rings. The van der Waals surface area contributed by atoms with Gasteiger partial charge in [-0.25, -0.2) is 0 Å². The predicted molar refractivity (Wildman–Crippen MR) is 70.9 cm³/mol. The molecule has 118 valence electrons. The first kappa shape index (κ1) is 17.5. The van der Waals surface area contributed by atoms with Crippen LogP contribution in [-0.4, -0.2) is 11.2 Å². The number of rotatable bonds is 2. The number of hydrogen-bond acceptors (Lipinski definition) is 1. The molecule has 2 N–H and O–H groups in total. The minimum atomic E-state index is -4.88. The monoisotopic (exact) mass is 330 g/mol. The molecule has 21 heavy (non-hydrogen) atoms. The predicted octanol–water partition coefficient (Wildman–Crippen LogP) is 4.42. The van der Waals surface area contributed by atoms with E-state index in [9.17, 15) is 26.3 Å². The van der Waals surface area contributed by atoms with Crippen LogP contribution in [0, 0.1) is 0 Å². The SMILES string of the molecule is CC(C)NC(=S)Nc1cc(C(F)(F)F)cc(C(F)(F)F)c1. The maximum absolute atomic E-state index is 12.6. The zero-order valence-corrected chi connectivity index (χ0v) is 11.8. The quantitative estimate of drug-likeness (QED) is 0.620. The zero-order valence-electron chi connectivity index (χ0n) is 11.0. The van der Waals surface area contributed by atoms with Gasteiger partial charge >= 0.3 is 12.4 Å². The smallest absolute Gasteiger partial charge is 0.360 e. The van der Waals surface area contributed by atoms with E-state index in [1.165, 1.54) is 0 Å². The van der Waals surface area contributed by atoms with Gasteiger partial charge in [0.05, 0.1) is 11.1 Å². The molecule has 0 aromatic heterocycles. The van der Waals surface area contributed by atoms with Gasteiger partial charge in [-0.05, 0) is 44.3 Å². The molecule has 0 heterocycles. The fourth-order valence-electron chi connectivity index (χ4n) is 1.46. The highest BCUT2D eigenvalue weighted by Gasteiger charge is 2.36. The Labute approximate surface area is 122 Å². The molecular weight excluding hydrogens is 318 g/mol. The molecule has 0 aliphatic carbocycles. The van der Waals surface area contributed by atoms with Gasteiger partial charge in [0.15, 0.2) is 5.11 Å². The van der Waals surface area contributed by atoms with Crippen molar-refractivity contribution in [1.82, 2.24) is 5.32 Å². The van der Waals surface area contributed by atoms with Crippen molar-refractivity contribution in [3.05, 3.63) is 29.3 Å². The first-order valence-electron chi connectivity index (χ1n) is 5.76. The second-order valence-electron chi connectivity index (χ2n) is 4.55. The summed E-state index contributed by atoms with van der Waals surface area (Å²) in [6.45, 7) is 3.45. The molecule has 0 saturated heterocycles. The van der Waals surface area contributed by atoms with E-state index in [-0.39, 0.29) is 22.9 Å². The van der Waals surface area contributed by atoms with Gasteiger partial charge in [-0.1, -0.05) is 0 Å². The standard InChI is InChI=1S/C12H12F6N2S/c1-6(2)19-10(21)20-9-4-7(11(13,14)15)3-8(5-9)12(16,17)18/h3-6H,1-2H3,(H2,19,20,21). The van der Waals surface area contributed by atoms with Gasteiger partial charge in [-0.15, -0.1) is 0 Å². The molecule has 9 heteroatoms. The minimum absolute atomic E-state index is 0.0579. The van der Waals surface area contributed by atoms with E-state index in [1.54, 1.807) is 13.8 Å². The average molecular weight is 330 g/mol. The van der Waals surface area contributed by atoms with Crippen LogP contribution in [-0.2, 0) is 12.4 Å². The van der Waals surface area contributed by atoms with Crippen LogP contribution in [0.1, 0.15) is 25.0 Å². The lowest BCUT2D eigenvalue weighted by Crippen LogP contribution is -2.34. The Morgan fingerprint density at radius 1 is 0.952 bits per heavy atom. The summed E-state index contributed by atoms with van der Waals surface area (Å²) < 4.78 is 75.8. The Kier molecular flexibility index (Phi) is 5.08. The van der Waals surface area contributed by atoms with E-state index in [0.717, 1.165) is 0 Å². The van der Waals surface area contributed by atoms with Crippen molar-refractivity contribution in [3.63, 3.8) is 0 Å². The average Bonchev–Trinajstić information content (AvgIpc) is 2.24. The molecule has 2 nitrogen and oxygen atoms in total. The summed E-state index contributed by atoms with van der Waals surface area (Å²) in [7, 11) is 0. The number of halogens is 6. The van der Waals surface area contributed by atoms with E-state index in [2.05, 4.69) is 10.6 Å². The van der Waals surface area contributed by atoms with Crippen LogP contribution < -0.4 is 10.6 Å². The highest BCUT2D eigenvalue weighted by molar-refractivity contribution is 7.80. The molecule has 0 radical (unpaired) electrons. The van der Waals surface area contributed by atoms with Crippen LogP contribution in [0.4, 0.5) is 32.0 Å². The van der Waals surface area contributed by atoms with Crippen molar-refractivity contribution < 1.29 is 26.3 Å². The molecule has 0 aliphatic rings. The molecule has 0 spiro atoms. The summed E-state index contributed by atoms with van der Waals surface area (Å²) >= 11 is 4.80. The van der Waals surface area contributed by atoms with Gasteiger partial charge in [0.25, 0.3) is 0 Å². The van der Waals surface area contributed by atoms with E-state index < -0.39 is 23.5 Å². The molecule has 0 aliphatic heterocycles. The highest BCUT2D eigenvalue weighted by Crippen LogP contribution is 2.37. The largest absolute Gasteiger partial charge is 0.416 e. The Morgan fingerprint density at radius 3 is 1.71 bits per heavy atom. The van der Waals surface area contributed by atoms with Crippen LogP contribution in [0.15, 0.2) is 18.2 Å². The molecular formula is C12H12F6N2S. The lowest BCUT2D eigenvalue weighted by Gasteiger charge is -2.17. The molecule has 0 bridgehead atoms. The summed E-state index contributed by atoms with van der Waals surface area (Å²) in [5.74, 6) is 0. The van der Waals surface area contributed by atoms with Crippen molar-refractivity contribution in [1.29, 1.82) is 0 Å². The fourth-order valence-corrected chi connectivity index (χ4v) is 1.81. The molecule has 0 fully saturated rings. The van der Waals surface area contributed by atoms with Crippen LogP contribution in [0.25, 0.3) is 0 Å². The Hall–Kier alpha value is -1.51. The number of anilines is 1. The van der Waals surface area contributed by atoms with Crippen molar-refractivity contribution in [2.45, 2.75) is 32.2 Å². The molecule has 0 unspecified atom stereocenters. The van der Waals surface area contributed by atoms with E-state index in [4.69, 9.17) is 12.2 Å². The number of nitrogens with one attached hydrogen (secondary N) is 2. The van der Waals surface area contributed by atoms with Crippen LogP contribution in [0.3, 0.4) is 0 Å². The Bertz CT molecular complexity index is 489. The lowest BCUT2D eigenvalue weighted by molar-refractivity contribution is -0.143. The Balaban J connectivity index is 3.17.